The molecule has 8 heteroatoms. The second-order valence-corrected chi connectivity index (χ2v) is 7.25. The average Bonchev–Trinajstić information content (AvgIpc) is 2.73. The van der Waals surface area contributed by atoms with Gasteiger partial charge in [0.2, 0.25) is 0 Å². The van der Waals surface area contributed by atoms with Gasteiger partial charge in [-0.1, -0.05) is 30.3 Å². The molecule has 3 aromatic rings. The van der Waals surface area contributed by atoms with E-state index in [1.54, 1.807) is 30.6 Å². The van der Waals surface area contributed by atoms with Crippen molar-refractivity contribution in [3.8, 4) is 0 Å². The average molecular weight is 388 g/mol. The fraction of sp³-hybridized carbons (Fsp3) is 0.190. The molecule has 2 amide bonds. The maximum Gasteiger partial charge on any atom is 0.454 e. The van der Waals surface area contributed by atoms with E-state index in [2.05, 4.69) is 10.3 Å². The Kier molecular flexibility index (Phi) is 5.04. The van der Waals surface area contributed by atoms with E-state index in [1.807, 2.05) is 24.3 Å². The summed E-state index contributed by atoms with van der Waals surface area (Å²) in [5, 5.41) is 15.2. The second kappa shape index (κ2) is 7.65. The highest BCUT2D eigenvalue weighted by Gasteiger charge is 2.34. The number of rotatable bonds is 5. The number of hydrogen-bond donors (Lipinski definition) is 3. The van der Waals surface area contributed by atoms with E-state index in [0.717, 1.165) is 21.9 Å². The highest BCUT2D eigenvalue weighted by molar-refractivity contribution is 6.69. The van der Waals surface area contributed by atoms with Gasteiger partial charge in [0.15, 0.2) is 0 Å². The van der Waals surface area contributed by atoms with E-state index < -0.39 is 13.0 Å². The van der Waals surface area contributed by atoms with Crippen molar-refractivity contribution in [2.75, 3.05) is 18.9 Å². The van der Waals surface area contributed by atoms with Gasteiger partial charge in [0.05, 0.1) is 5.92 Å². The maximum atomic E-state index is 13.0. The monoisotopic (exact) mass is 388 g/mol. The topological polar surface area (TPSA) is 109 Å². The van der Waals surface area contributed by atoms with Crippen LogP contribution in [0, 0.1) is 0 Å². The molecule has 4 rings (SSSR count). The highest BCUT2D eigenvalue weighted by Crippen LogP contribution is 2.23. The molecule has 0 unspecified atom stereocenters. The molecule has 29 heavy (non-hydrogen) atoms. The highest BCUT2D eigenvalue weighted by atomic mass is 16.2. The van der Waals surface area contributed by atoms with Gasteiger partial charge >= 0.3 is 13.1 Å². The number of aromatic nitrogens is 1. The first kappa shape index (κ1) is 19.1. The minimum Gasteiger partial charge on any atom is -0.428 e. The van der Waals surface area contributed by atoms with Gasteiger partial charge in [0.25, 0.3) is 0 Å². The van der Waals surface area contributed by atoms with Crippen molar-refractivity contribution in [3.05, 3.63) is 66.0 Å². The molecule has 146 valence electrons. The molecule has 2 aromatic carbocycles. The smallest absolute Gasteiger partial charge is 0.428 e. The Hall–Kier alpha value is -3.23. The van der Waals surface area contributed by atoms with Crippen LogP contribution in [0.5, 0.6) is 0 Å². The molecule has 1 aromatic heterocycles. The van der Waals surface area contributed by atoms with Crippen LogP contribution in [0.3, 0.4) is 0 Å². The third kappa shape index (κ3) is 3.60. The molecule has 4 N–H and O–H groups in total. The van der Waals surface area contributed by atoms with E-state index in [4.69, 9.17) is 5.73 Å². The third-order valence-corrected chi connectivity index (χ3v) is 5.39. The Labute approximate surface area is 168 Å². The van der Waals surface area contributed by atoms with Gasteiger partial charge in [0, 0.05) is 43.5 Å². The predicted molar refractivity (Wildman–Crippen MR) is 113 cm³/mol. The molecule has 0 saturated carbocycles. The van der Waals surface area contributed by atoms with E-state index in [1.165, 1.54) is 11.9 Å². The molecule has 0 fully saturated rings. The number of Topliss-reactive ketones (excluding diaryl/α,β-unsaturated/α-hetero) is 1. The van der Waals surface area contributed by atoms with Crippen molar-refractivity contribution in [1.29, 1.82) is 0 Å². The Morgan fingerprint density at radius 3 is 2.86 bits per heavy atom. The van der Waals surface area contributed by atoms with E-state index in [9.17, 15) is 14.6 Å². The van der Waals surface area contributed by atoms with Crippen LogP contribution in [-0.2, 0) is 11.2 Å². The quantitative estimate of drug-likeness (QED) is 0.571. The first-order valence-electron chi connectivity index (χ1n) is 9.39. The molecular formula is C21H21BN4O3. The van der Waals surface area contributed by atoms with Crippen LogP contribution in [0.2, 0.25) is 0 Å². The van der Waals surface area contributed by atoms with Gasteiger partial charge in [-0.3, -0.25) is 9.78 Å². The Balaban J connectivity index is 1.59. The van der Waals surface area contributed by atoms with Crippen LogP contribution < -0.4 is 16.5 Å². The number of benzene rings is 2. The largest absolute Gasteiger partial charge is 0.454 e. The zero-order chi connectivity index (χ0) is 20.5. The van der Waals surface area contributed by atoms with Crippen LogP contribution >= 0.6 is 0 Å². The van der Waals surface area contributed by atoms with Gasteiger partial charge in [0.1, 0.15) is 5.78 Å². The number of pyridine rings is 1. The molecule has 0 saturated heterocycles. The Morgan fingerprint density at radius 1 is 1.24 bits per heavy atom. The van der Waals surface area contributed by atoms with Crippen LogP contribution in [0.15, 0.2) is 54.9 Å². The minimum atomic E-state index is -1.07. The fourth-order valence-corrected chi connectivity index (χ4v) is 3.67. The Bertz CT molecular complexity index is 1100. The lowest BCUT2D eigenvalue weighted by atomic mass is 9.68. The lowest BCUT2D eigenvalue weighted by molar-refractivity contribution is -0.119. The maximum absolute atomic E-state index is 13.0. The first-order chi connectivity index (χ1) is 14.0. The number of nitrogens with two attached hydrogens (primary N) is 1. The number of amides is 2. The molecule has 2 heterocycles. The molecule has 0 spiro atoms. The van der Waals surface area contributed by atoms with E-state index in [-0.39, 0.29) is 24.8 Å². The summed E-state index contributed by atoms with van der Waals surface area (Å²) in [6, 6.07) is 12.6. The molecule has 1 aliphatic rings. The molecule has 0 aliphatic carbocycles. The molecule has 0 radical (unpaired) electrons. The number of anilines is 1. The van der Waals surface area contributed by atoms with Gasteiger partial charge in [-0.2, -0.15) is 0 Å². The summed E-state index contributed by atoms with van der Waals surface area (Å²) in [6.45, 7) is 0.160. The Morgan fingerprint density at radius 2 is 2.07 bits per heavy atom. The fourth-order valence-electron chi connectivity index (χ4n) is 3.67. The summed E-state index contributed by atoms with van der Waals surface area (Å²) in [5.41, 5.74) is 8.67. The second-order valence-electron chi connectivity index (χ2n) is 7.25. The van der Waals surface area contributed by atoms with E-state index in [0.29, 0.717) is 11.2 Å². The van der Waals surface area contributed by atoms with Crippen molar-refractivity contribution in [1.82, 2.24) is 9.79 Å². The number of ketones is 1. The molecular weight excluding hydrogens is 367 g/mol. The number of carbonyl (C=O) groups is 2. The van der Waals surface area contributed by atoms with Crippen molar-refractivity contribution in [2.24, 2.45) is 5.73 Å². The first-order valence-corrected chi connectivity index (χ1v) is 9.39. The van der Waals surface area contributed by atoms with Crippen LogP contribution in [0.25, 0.3) is 10.8 Å². The van der Waals surface area contributed by atoms with Crippen molar-refractivity contribution >= 4 is 40.8 Å². The SMILES string of the molecule is CN1B(O)c2cc([C@@H](CN)C(=O)Cc3ccc4cnccc4c3)ccc2NC1=O. The number of urea groups is 1. The number of nitrogens with zero attached hydrogens (tertiary/aromatic N) is 2. The summed E-state index contributed by atoms with van der Waals surface area (Å²) in [4.78, 5) is 30.1. The van der Waals surface area contributed by atoms with E-state index >= 15 is 0 Å². The van der Waals surface area contributed by atoms with Gasteiger partial charge < -0.3 is 20.9 Å². The third-order valence-electron chi connectivity index (χ3n) is 5.39. The predicted octanol–water partition coefficient (Wildman–Crippen LogP) is 1.25. The normalized spacial score (nSPS) is 14.5. The summed E-state index contributed by atoms with van der Waals surface area (Å²) in [7, 11) is 0.442. The minimum absolute atomic E-state index is 0.00328. The van der Waals surface area contributed by atoms with Crippen molar-refractivity contribution in [2.45, 2.75) is 12.3 Å². The lowest BCUT2D eigenvalue weighted by Gasteiger charge is -2.29. The molecule has 0 bridgehead atoms. The number of fused-ring (bicyclic) bond motifs is 2. The lowest BCUT2D eigenvalue weighted by Crippen LogP contribution is -2.56. The molecule has 7 nitrogen and oxygen atoms in total. The van der Waals surface area contributed by atoms with Gasteiger partial charge in [-0.05, 0) is 34.1 Å². The summed E-state index contributed by atoms with van der Waals surface area (Å²) in [5.74, 6) is -0.493. The standard InChI is InChI=1S/C21H21BN4O3/c1-26-21(28)25-19-5-4-15(10-18(19)22(26)29)17(11-23)20(27)9-13-2-3-16-12-24-7-6-14(16)8-13/h2-8,10,12,17,29H,9,11,23H2,1H3,(H,25,28)/t17-/m1/s1. The summed E-state index contributed by atoms with van der Waals surface area (Å²) >= 11 is 0. The van der Waals surface area contributed by atoms with Crippen LogP contribution in [0.4, 0.5) is 10.5 Å². The van der Waals surface area contributed by atoms with Crippen molar-refractivity contribution in [3.63, 3.8) is 0 Å². The van der Waals surface area contributed by atoms with Crippen molar-refractivity contribution < 1.29 is 14.6 Å². The molecule has 1 atom stereocenters. The summed E-state index contributed by atoms with van der Waals surface area (Å²) in [6.07, 6.45) is 3.78. The zero-order valence-electron chi connectivity index (χ0n) is 16.0. The van der Waals surface area contributed by atoms with Crippen LogP contribution in [-0.4, -0.2) is 47.3 Å². The molecule has 1 aliphatic heterocycles. The number of nitrogens with one attached hydrogen (secondary N) is 1. The zero-order valence-corrected chi connectivity index (χ0v) is 16.0. The summed E-state index contributed by atoms with van der Waals surface area (Å²) < 4.78 is 0. The van der Waals surface area contributed by atoms with Gasteiger partial charge in [-0.25, -0.2) is 4.79 Å². The number of hydrogen-bond acceptors (Lipinski definition) is 5. The number of carbonyl (C=O) groups excluding carboxylic acids is 2. The van der Waals surface area contributed by atoms with Crippen LogP contribution in [0.1, 0.15) is 17.0 Å². The van der Waals surface area contributed by atoms with Gasteiger partial charge in [-0.15, -0.1) is 0 Å².